The fourth-order valence-corrected chi connectivity index (χ4v) is 2.85. The zero-order valence-corrected chi connectivity index (χ0v) is 16.4. The quantitative estimate of drug-likeness (QED) is 0.639. The maximum atomic E-state index is 12.8. The Labute approximate surface area is 166 Å². The number of hydrogen-bond donors (Lipinski definition) is 1. The Balaban J connectivity index is 1.74. The van der Waals surface area contributed by atoms with Crippen LogP contribution in [0.2, 0.25) is 0 Å². The number of pyridine rings is 1. The molecular weight excluding hydrogens is 350 g/mol. The van der Waals surface area contributed by atoms with E-state index in [1.54, 1.807) is 30.3 Å². The molecule has 2 aromatic carbocycles. The summed E-state index contributed by atoms with van der Waals surface area (Å²) in [6.45, 7) is 4.52. The van der Waals surface area contributed by atoms with Crippen LogP contribution in [-0.4, -0.2) is 28.9 Å². The highest BCUT2D eigenvalue weighted by Crippen LogP contribution is 2.27. The summed E-state index contributed by atoms with van der Waals surface area (Å²) in [6.07, 6.45) is 1.70. The molecule has 5 nitrogen and oxygen atoms in total. The minimum absolute atomic E-state index is 0.0546. The van der Waals surface area contributed by atoms with Crippen LogP contribution >= 0.6 is 0 Å². The molecule has 5 heteroatoms. The molecule has 1 N–H and O–H groups in total. The van der Waals surface area contributed by atoms with Gasteiger partial charge >= 0.3 is 0 Å². The zero-order chi connectivity index (χ0) is 19.9. The fourth-order valence-electron chi connectivity index (χ4n) is 2.85. The van der Waals surface area contributed by atoms with Gasteiger partial charge < -0.3 is 15.0 Å². The van der Waals surface area contributed by atoms with Crippen molar-refractivity contribution in [3.63, 3.8) is 0 Å². The van der Waals surface area contributed by atoms with Crippen LogP contribution in [0, 0.1) is 0 Å². The number of benzene rings is 2. The van der Waals surface area contributed by atoms with Gasteiger partial charge in [-0.25, -0.2) is 4.98 Å². The molecule has 0 unspecified atom stereocenters. The second-order valence-corrected chi connectivity index (χ2v) is 6.86. The van der Waals surface area contributed by atoms with E-state index in [0.29, 0.717) is 17.9 Å². The van der Waals surface area contributed by atoms with Crippen molar-refractivity contribution in [2.45, 2.75) is 26.5 Å². The molecule has 1 aromatic heterocycles. The molecule has 0 radical (unpaired) electrons. The highest BCUT2D eigenvalue weighted by atomic mass is 16.5. The van der Waals surface area contributed by atoms with E-state index in [9.17, 15) is 4.79 Å². The first-order valence-corrected chi connectivity index (χ1v) is 9.31. The third kappa shape index (κ3) is 5.10. The smallest absolute Gasteiger partial charge is 0.254 e. The monoisotopic (exact) mass is 375 g/mol. The highest BCUT2D eigenvalue weighted by Gasteiger charge is 2.14. The highest BCUT2D eigenvalue weighted by molar-refractivity contribution is 5.94. The number of nitrogens with zero attached hydrogens (tertiary/aromatic N) is 2. The van der Waals surface area contributed by atoms with Gasteiger partial charge in [-0.3, -0.25) is 4.79 Å². The number of carbonyl (C=O) groups excluding carboxylic acids is 1. The molecule has 144 valence electrons. The van der Waals surface area contributed by atoms with Crippen LogP contribution in [0.3, 0.4) is 0 Å². The molecule has 1 heterocycles. The van der Waals surface area contributed by atoms with Gasteiger partial charge in [0.1, 0.15) is 11.6 Å². The van der Waals surface area contributed by atoms with E-state index < -0.39 is 0 Å². The lowest BCUT2D eigenvalue weighted by Gasteiger charge is -2.18. The van der Waals surface area contributed by atoms with E-state index in [0.717, 1.165) is 17.0 Å². The number of ether oxygens (including phenoxy) is 1. The molecule has 0 saturated heterocycles. The van der Waals surface area contributed by atoms with Gasteiger partial charge in [-0.2, -0.15) is 0 Å². The van der Waals surface area contributed by atoms with Crippen LogP contribution in [0.25, 0.3) is 0 Å². The van der Waals surface area contributed by atoms with Gasteiger partial charge in [-0.05, 0) is 43.7 Å². The zero-order valence-electron chi connectivity index (χ0n) is 16.4. The van der Waals surface area contributed by atoms with Gasteiger partial charge in [0.25, 0.3) is 5.91 Å². The predicted molar refractivity (Wildman–Crippen MR) is 112 cm³/mol. The van der Waals surface area contributed by atoms with Crippen molar-refractivity contribution in [1.29, 1.82) is 0 Å². The van der Waals surface area contributed by atoms with Crippen LogP contribution < -0.4 is 10.1 Å². The first-order valence-electron chi connectivity index (χ1n) is 9.31. The Kier molecular flexibility index (Phi) is 6.27. The van der Waals surface area contributed by atoms with E-state index in [2.05, 4.69) is 10.3 Å². The third-order valence-electron chi connectivity index (χ3n) is 4.13. The van der Waals surface area contributed by atoms with Gasteiger partial charge in [-0.1, -0.05) is 42.5 Å². The van der Waals surface area contributed by atoms with Gasteiger partial charge in [0.15, 0.2) is 0 Å². The molecule has 3 rings (SSSR count). The van der Waals surface area contributed by atoms with E-state index in [-0.39, 0.29) is 12.0 Å². The van der Waals surface area contributed by atoms with Crippen molar-refractivity contribution < 1.29 is 9.53 Å². The summed E-state index contributed by atoms with van der Waals surface area (Å²) >= 11 is 0. The minimum Gasteiger partial charge on any atom is -0.489 e. The summed E-state index contributed by atoms with van der Waals surface area (Å²) in [5, 5.41) is 3.25. The second-order valence-electron chi connectivity index (χ2n) is 6.86. The summed E-state index contributed by atoms with van der Waals surface area (Å²) in [7, 11) is 1.80. The summed E-state index contributed by atoms with van der Waals surface area (Å²) < 4.78 is 5.83. The molecule has 0 atom stereocenters. The average Bonchev–Trinajstić information content (AvgIpc) is 2.69. The van der Waals surface area contributed by atoms with Crippen molar-refractivity contribution in [2.24, 2.45) is 0 Å². The summed E-state index contributed by atoms with van der Waals surface area (Å²) in [5.74, 6) is 1.29. The van der Waals surface area contributed by atoms with Gasteiger partial charge in [0.05, 0.1) is 11.8 Å². The normalized spacial score (nSPS) is 10.6. The van der Waals surface area contributed by atoms with E-state index in [1.165, 1.54) is 0 Å². The second kappa shape index (κ2) is 9.04. The molecular formula is C23H25N3O2. The lowest BCUT2D eigenvalue weighted by atomic mass is 10.2. The standard InChI is InChI=1S/C23H25N3O2/c1-17(2)28-21-12-8-7-11-20(21)25-22-15-19(13-14-24-22)23(27)26(3)16-18-9-5-4-6-10-18/h4-15,17H,16H2,1-3H3,(H,24,25). The van der Waals surface area contributed by atoms with Crippen LogP contribution in [0.4, 0.5) is 11.5 Å². The van der Waals surface area contributed by atoms with E-state index in [4.69, 9.17) is 4.74 Å². The molecule has 0 spiro atoms. The van der Waals surface area contributed by atoms with Crippen molar-refractivity contribution >= 4 is 17.4 Å². The number of hydrogen-bond acceptors (Lipinski definition) is 4. The van der Waals surface area contributed by atoms with Crippen molar-refractivity contribution in [1.82, 2.24) is 9.88 Å². The lowest BCUT2D eigenvalue weighted by Crippen LogP contribution is -2.26. The Bertz CT molecular complexity index is 926. The first-order chi connectivity index (χ1) is 13.5. The summed E-state index contributed by atoms with van der Waals surface area (Å²) in [5.41, 5.74) is 2.48. The van der Waals surface area contributed by atoms with Crippen molar-refractivity contribution in [2.75, 3.05) is 12.4 Å². The number of amides is 1. The largest absolute Gasteiger partial charge is 0.489 e. The van der Waals surface area contributed by atoms with Crippen LogP contribution in [0.15, 0.2) is 72.9 Å². The Morgan fingerprint density at radius 3 is 2.54 bits per heavy atom. The lowest BCUT2D eigenvalue weighted by molar-refractivity contribution is 0.0785. The molecule has 3 aromatic rings. The number of anilines is 2. The fraction of sp³-hybridized carbons (Fsp3) is 0.217. The molecule has 0 aliphatic heterocycles. The van der Waals surface area contributed by atoms with E-state index in [1.807, 2.05) is 68.4 Å². The molecule has 0 saturated carbocycles. The predicted octanol–water partition coefficient (Wildman–Crippen LogP) is 4.88. The average molecular weight is 375 g/mol. The molecule has 28 heavy (non-hydrogen) atoms. The van der Waals surface area contributed by atoms with Crippen molar-refractivity contribution in [3.8, 4) is 5.75 Å². The summed E-state index contributed by atoms with van der Waals surface area (Å²) in [6, 6.07) is 21.1. The third-order valence-corrected chi connectivity index (χ3v) is 4.13. The van der Waals surface area contributed by atoms with E-state index >= 15 is 0 Å². The maximum absolute atomic E-state index is 12.8. The van der Waals surface area contributed by atoms with Gasteiger partial charge in [-0.15, -0.1) is 0 Å². The number of rotatable bonds is 7. The number of aromatic nitrogens is 1. The number of para-hydroxylation sites is 2. The minimum atomic E-state index is -0.0546. The molecule has 0 bridgehead atoms. The summed E-state index contributed by atoms with van der Waals surface area (Å²) in [4.78, 5) is 18.9. The Morgan fingerprint density at radius 2 is 1.79 bits per heavy atom. The van der Waals surface area contributed by atoms with Crippen LogP contribution in [0.1, 0.15) is 29.8 Å². The molecule has 0 aliphatic rings. The SMILES string of the molecule is CC(C)Oc1ccccc1Nc1cc(C(=O)N(C)Cc2ccccc2)ccn1. The van der Waals surface area contributed by atoms with Gasteiger partial charge in [0, 0.05) is 25.4 Å². The van der Waals surface area contributed by atoms with Crippen LogP contribution in [-0.2, 0) is 6.54 Å². The molecule has 1 amide bonds. The first kappa shape index (κ1) is 19.4. The van der Waals surface area contributed by atoms with Gasteiger partial charge in [0.2, 0.25) is 0 Å². The topological polar surface area (TPSA) is 54.5 Å². The Morgan fingerprint density at radius 1 is 1.07 bits per heavy atom. The molecule has 0 aliphatic carbocycles. The maximum Gasteiger partial charge on any atom is 0.254 e. The number of nitrogens with one attached hydrogen (secondary N) is 1. The Hall–Kier alpha value is -3.34. The van der Waals surface area contributed by atoms with Crippen molar-refractivity contribution in [3.05, 3.63) is 84.1 Å². The van der Waals surface area contributed by atoms with Crippen LogP contribution in [0.5, 0.6) is 5.75 Å². The molecule has 0 fully saturated rings. The number of carbonyl (C=O) groups is 1.